The van der Waals surface area contributed by atoms with Crippen molar-refractivity contribution in [2.75, 3.05) is 13.2 Å². The molecule has 2 rings (SSSR count). The molecule has 2 N–H and O–H groups in total. The van der Waals surface area contributed by atoms with Gasteiger partial charge in [0.05, 0.1) is 12.5 Å². The van der Waals surface area contributed by atoms with E-state index in [0.717, 1.165) is 18.6 Å². The van der Waals surface area contributed by atoms with Gasteiger partial charge >= 0.3 is 12.2 Å². The molecule has 1 fully saturated rings. The summed E-state index contributed by atoms with van der Waals surface area (Å²) in [7, 11) is 0. The molecule has 134 valence electrons. The van der Waals surface area contributed by atoms with Crippen LogP contribution in [0.2, 0.25) is 0 Å². The molecule has 0 radical (unpaired) electrons. The Morgan fingerprint density at radius 3 is 2.58 bits per heavy atom. The number of hydrogen-bond acceptors (Lipinski definition) is 2. The van der Waals surface area contributed by atoms with E-state index < -0.39 is 30.5 Å². The van der Waals surface area contributed by atoms with Crippen LogP contribution in [-0.4, -0.2) is 31.5 Å². The lowest BCUT2D eigenvalue weighted by Gasteiger charge is -2.23. The maximum absolute atomic E-state index is 13.0. The number of carbonyl (C=O) groups excluding carboxylic acids is 1. The highest BCUT2D eigenvalue weighted by Gasteiger charge is 2.33. The molecule has 0 aliphatic carbocycles. The van der Waals surface area contributed by atoms with Crippen LogP contribution in [0.25, 0.3) is 0 Å². The maximum Gasteiger partial charge on any atom is 0.391 e. The fourth-order valence-corrected chi connectivity index (χ4v) is 2.61. The van der Waals surface area contributed by atoms with Gasteiger partial charge in [0.2, 0.25) is 0 Å². The van der Waals surface area contributed by atoms with Crippen LogP contribution in [0, 0.1) is 5.82 Å². The lowest BCUT2D eigenvalue weighted by Crippen LogP contribution is -2.44. The van der Waals surface area contributed by atoms with E-state index in [0.29, 0.717) is 26.1 Å². The van der Waals surface area contributed by atoms with E-state index in [1.807, 2.05) is 0 Å². The second kappa shape index (κ2) is 8.32. The summed E-state index contributed by atoms with van der Waals surface area (Å²) < 4.78 is 56.6. The molecule has 0 unspecified atom stereocenters. The second-order valence-electron chi connectivity index (χ2n) is 5.78. The summed E-state index contributed by atoms with van der Waals surface area (Å²) in [6.45, 7) is 1.13. The zero-order valence-corrected chi connectivity index (χ0v) is 13.0. The first-order valence-corrected chi connectivity index (χ1v) is 7.80. The lowest BCUT2D eigenvalue weighted by atomic mass is 10.0. The van der Waals surface area contributed by atoms with Crippen molar-refractivity contribution in [3.05, 3.63) is 35.6 Å². The molecule has 1 aromatic carbocycles. The Kier molecular flexibility index (Phi) is 6.42. The minimum absolute atomic E-state index is 0.132. The van der Waals surface area contributed by atoms with Crippen molar-refractivity contribution in [3.63, 3.8) is 0 Å². The summed E-state index contributed by atoms with van der Waals surface area (Å²) in [5.74, 6) is -0.549. The van der Waals surface area contributed by atoms with Crippen molar-refractivity contribution in [2.24, 2.45) is 0 Å². The van der Waals surface area contributed by atoms with Crippen molar-refractivity contribution in [1.82, 2.24) is 10.6 Å². The van der Waals surface area contributed by atoms with Crippen molar-refractivity contribution in [1.29, 1.82) is 0 Å². The van der Waals surface area contributed by atoms with Crippen LogP contribution < -0.4 is 10.6 Å². The molecule has 1 aromatic rings. The molecule has 8 heteroatoms. The first-order valence-electron chi connectivity index (χ1n) is 7.80. The van der Waals surface area contributed by atoms with Gasteiger partial charge in [-0.3, -0.25) is 0 Å². The largest absolute Gasteiger partial charge is 0.391 e. The van der Waals surface area contributed by atoms with Gasteiger partial charge in [-0.15, -0.1) is 0 Å². The van der Waals surface area contributed by atoms with Crippen LogP contribution >= 0.6 is 0 Å². The van der Waals surface area contributed by atoms with Crippen molar-refractivity contribution < 1.29 is 27.1 Å². The third-order valence-corrected chi connectivity index (χ3v) is 3.80. The molecular formula is C16H20F4N2O2. The normalized spacial score (nSPS) is 20.1. The number of alkyl halides is 3. The SMILES string of the molecule is O=C(N[C@H]1CCCOCC1)N[C@@H](CC(F)(F)F)c1ccc(F)cc1. The van der Waals surface area contributed by atoms with Gasteiger partial charge in [-0.05, 0) is 37.0 Å². The summed E-state index contributed by atoms with van der Waals surface area (Å²) in [4.78, 5) is 12.1. The highest BCUT2D eigenvalue weighted by molar-refractivity contribution is 5.74. The van der Waals surface area contributed by atoms with Crippen LogP contribution in [0.3, 0.4) is 0 Å². The van der Waals surface area contributed by atoms with E-state index in [-0.39, 0.29) is 11.6 Å². The average molecular weight is 348 g/mol. The third-order valence-electron chi connectivity index (χ3n) is 3.80. The summed E-state index contributed by atoms with van der Waals surface area (Å²) in [5, 5.41) is 5.03. The molecule has 1 saturated heterocycles. The molecule has 1 aliphatic heterocycles. The molecule has 0 aromatic heterocycles. The Hall–Kier alpha value is -1.83. The molecule has 4 nitrogen and oxygen atoms in total. The van der Waals surface area contributed by atoms with E-state index >= 15 is 0 Å². The average Bonchev–Trinajstić information content (AvgIpc) is 2.74. The van der Waals surface area contributed by atoms with Crippen LogP contribution in [0.1, 0.15) is 37.3 Å². The van der Waals surface area contributed by atoms with Crippen LogP contribution in [0.5, 0.6) is 0 Å². The monoisotopic (exact) mass is 348 g/mol. The Morgan fingerprint density at radius 2 is 1.92 bits per heavy atom. The highest BCUT2D eigenvalue weighted by Crippen LogP contribution is 2.29. The molecule has 1 aliphatic rings. The fourth-order valence-electron chi connectivity index (χ4n) is 2.61. The number of rotatable bonds is 4. The number of hydrogen-bond donors (Lipinski definition) is 2. The fraction of sp³-hybridized carbons (Fsp3) is 0.562. The van der Waals surface area contributed by atoms with Crippen LogP contribution in [0.4, 0.5) is 22.4 Å². The maximum atomic E-state index is 13.0. The molecule has 0 spiro atoms. The smallest absolute Gasteiger partial charge is 0.381 e. The summed E-state index contributed by atoms with van der Waals surface area (Å²) in [6, 6.07) is 2.55. The number of benzene rings is 1. The number of halogens is 4. The van der Waals surface area contributed by atoms with Gasteiger partial charge in [0.15, 0.2) is 0 Å². The first-order chi connectivity index (χ1) is 11.3. The van der Waals surface area contributed by atoms with E-state index in [4.69, 9.17) is 4.74 Å². The first kappa shape index (κ1) is 18.5. The van der Waals surface area contributed by atoms with Gasteiger partial charge in [0.25, 0.3) is 0 Å². The van der Waals surface area contributed by atoms with Crippen molar-refractivity contribution >= 4 is 6.03 Å². The van der Waals surface area contributed by atoms with Gasteiger partial charge < -0.3 is 15.4 Å². The van der Waals surface area contributed by atoms with E-state index in [9.17, 15) is 22.4 Å². The molecule has 0 saturated carbocycles. The minimum Gasteiger partial charge on any atom is -0.381 e. The lowest BCUT2D eigenvalue weighted by molar-refractivity contribution is -0.139. The Morgan fingerprint density at radius 1 is 1.21 bits per heavy atom. The van der Waals surface area contributed by atoms with Crippen molar-refractivity contribution in [3.8, 4) is 0 Å². The second-order valence-corrected chi connectivity index (χ2v) is 5.78. The third kappa shape index (κ3) is 6.35. The van der Waals surface area contributed by atoms with Crippen molar-refractivity contribution in [2.45, 2.75) is 43.9 Å². The van der Waals surface area contributed by atoms with E-state index in [1.165, 1.54) is 12.1 Å². The molecule has 2 amide bonds. The van der Waals surface area contributed by atoms with E-state index in [1.54, 1.807) is 0 Å². The van der Waals surface area contributed by atoms with Gasteiger partial charge in [-0.2, -0.15) is 13.2 Å². The molecule has 0 bridgehead atoms. The molecule has 1 heterocycles. The Balaban J connectivity index is 2.01. The van der Waals surface area contributed by atoms with Crippen LogP contribution in [0.15, 0.2) is 24.3 Å². The standard InChI is InChI=1S/C16H20F4N2O2/c17-12-5-3-11(4-6-12)14(10-16(18,19)20)22-15(23)21-13-2-1-8-24-9-7-13/h3-6,13-14H,1-2,7-10H2,(H2,21,22,23)/t13-,14-/m0/s1. The van der Waals surface area contributed by atoms with Gasteiger partial charge in [0.1, 0.15) is 5.82 Å². The predicted molar refractivity (Wildman–Crippen MR) is 79.9 cm³/mol. The summed E-state index contributed by atoms with van der Waals surface area (Å²) in [5.41, 5.74) is 0.202. The molecule has 24 heavy (non-hydrogen) atoms. The highest BCUT2D eigenvalue weighted by atomic mass is 19.4. The number of carbonyl (C=O) groups is 1. The van der Waals surface area contributed by atoms with E-state index in [2.05, 4.69) is 10.6 Å². The molecular weight excluding hydrogens is 328 g/mol. The number of nitrogens with one attached hydrogen (secondary N) is 2. The van der Waals surface area contributed by atoms with Crippen LogP contribution in [-0.2, 0) is 4.74 Å². The zero-order chi connectivity index (χ0) is 17.6. The Bertz CT molecular complexity index is 526. The summed E-state index contributed by atoms with van der Waals surface area (Å²) in [6.07, 6.45) is -3.56. The number of ether oxygens (including phenoxy) is 1. The number of urea groups is 1. The van der Waals surface area contributed by atoms with Gasteiger partial charge in [0, 0.05) is 19.3 Å². The minimum atomic E-state index is -4.46. The quantitative estimate of drug-likeness (QED) is 0.816. The zero-order valence-electron chi connectivity index (χ0n) is 13.0. The topological polar surface area (TPSA) is 50.4 Å². The summed E-state index contributed by atoms with van der Waals surface area (Å²) >= 11 is 0. The van der Waals surface area contributed by atoms with Gasteiger partial charge in [-0.1, -0.05) is 12.1 Å². The number of amides is 2. The predicted octanol–water partition coefficient (Wildman–Crippen LogP) is 3.69. The Labute approximate surface area is 137 Å². The van der Waals surface area contributed by atoms with Gasteiger partial charge in [-0.25, -0.2) is 9.18 Å². The molecule has 2 atom stereocenters.